The smallest absolute Gasteiger partial charge is 0.262 e. The molecular weight excluding hydrogens is 320 g/mol. The first-order chi connectivity index (χ1) is 12.1. The van der Waals surface area contributed by atoms with E-state index >= 15 is 0 Å². The van der Waals surface area contributed by atoms with Crippen molar-refractivity contribution in [1.82, 2.24) is 14.9 Å². The minimum absolute atomic E-state index is 0.00837. The van der Waals surface area contributed by atoms with Crippen LogP contribution in [-0.2, 0) is 0 Å². The average Bonchev–Trinajstić information content (AvgIpc) is 2.90. The van der Waals surface area contributed by atoms with E-state index in [0.29, 0.717) is 5.69 Å². The van der Waals surface area contributed by atoms with Crippen molar-refractivity contribution in [3.63, 3.8) is 0 Å². The Kier molecular flexibility index (Phi) is 3.21. The normalized spacial score (nSPS) is 12.8. The van der Waals surface area contributed by atoms with Crippen molar-refractivity contribution in [2.75, 3.05) is 5.73 Å². The molecule has 4 rings (SSSR count). The van der Waals surface area contributed by atoms with Crippen LogP contribution in [0.1, 0.15) is 20.7 Å². The van der Waals surface area contributed by atoms with Gasteiger partial charge < -0.3 is 5.73 Å². The molecule has 1 aliphatic heterocycles. The maximum Gasteiger partial charge on any atom is 0.262 e. The molecule has 1 aromatic carbocycles. The van der Waals surface area contributed by atoms with Crippen LogP contribution < -0.4 is 16.6 Å². The molecule has 0 unspecified atom stereocenters. The lowest BCUT2D eigenvalue weighted by atomic mass is 10.1. The number of fused-ring (bicyclic) bond motifs is 1. The second-order valence-corrected chi connectivity index (χ2v) is 5.56. The van der Waals surface area contributed by atoms with Gasteiger partial charge in [-0.15, -0.1) is 0 Å². The number of nitrogens with one attached hydrogen (secondary N) is 1. The summed E-state index contributed by atoms with van der Waals surface area (Å²) >= 11 is 0. The number of carbonyl (C=O) groups is 2. The first kappa shape index (κ1) is 14.8. The van der Waals surface area contributed by atoms with Gasteiger partial charge in [-0.25, -0.2) is 0 Å². The largest absolute Gasteiger partial charge is 0.384 e. The summed E-state index contributed by atoms with van der Waals surface area (Å²) in [5.74, 6) is -1.27. The summed E-state index contributed by atoms with van der Waals surface area (Å²) in [6.07, 6.45) is 3.35. The SMILES string of the molecule is Nc1c2c(cc(=O)n1-c1cccc(-c3ccncc3)c1)C(=O)NC2=O. The lowest BCUT2D eigenvalue weighted by molar-refractivity contribution is 0.0880. The molecule has 0 bridgehead atoms. The third-order valence-corrected chi connectivity index (χ3v) is 4.07. The molecule has 0 aliphatic carbocycles. The fourth-order valence-corrected chi connectivity index (χ4v) is 2.91. The number of amides is 2. The van der Waals surface area contributed by atoms with E-state index in [9.17, 15) is 14.4 Å². The van der Waals surface area contributed by atoms with E-state index in [1.54, 1.807) is 30.6 Å². The van der Waals surface area contributed by atoms with Crippen molar-refractivity contribution in [2.45, 2.75) is 0 Å². The van der Waals surface area contributed by atoms with Gasteiger partial charge in [0.25, 0.3) is 17.4 Å². The number of nitrogens with zero attached hydrogens (tertiary/aromatic N) is 2. The molecule has 0 spiro atoms. The molecule has 0 saturated heterocycles. The predicted molar refractivity (Wildman–Crippen MR) is 91.5 cm³/mol. The summed E-state index contributed by atoms with van der Waals surface area (Å²) in [5.41, 5.74) is 7.91. The second-order valence-electron chi connectivity index (χ2n) is 5.56. The number of hydrogen-bond donors (Lipinski definition) is 2. The van der Waals surface area contributed by atoms with Crippen molar-refractivity contribution in [1.29, 1.82) is 0 Å². The van der Waals surface area contributed by atoms with Crippen molar-refractivity contribution < 1.29 is 9.59 Å². The maximum absolute atomic E-state index is 12.5. The molecule has 0 atom stereocenters. The quantitative estimate of drug-likeness (QED) is 0.689. The third-order valence-electron chi connectivity index (χ3n) is 4.07. The second kappa shape index (κ2) is 5.41. The van der Waals surface area contributed by atoms with Crippen LogP contribution in [0.5, 0.6) is 0 Å². The number of pyridine rings is 2. The van der Waals surface area contributed by atoms with E-state index in [1.807, 2.05) is 18.2 Å². The van der Waals surface area contributed by atoms with Gasteiger partial charge >= 0.3 is 0 Å². The van der Waals surface area contributed by atoms with E-state index < -0.39 is 17.4 Å². The Balaban J connectivity index is 1.93. The Morgan fingerprint density at radius 1 is 0.920 bits per heavy atom. The molecule has 7 heteroatoms. The van der Waals surface area contributed by atoms with Gasteiger partial charge in [0.2, 0.25) is 0 Å². The van der Waals surface area contributed by atoms with Crippen LogP contribution in [0.3, 0.4) is 0 Å². The lowest BCUT2D eigenvalue weighted by Crippen LogP contribution is -2.24. The fourth-order valence-electron chi connectivity index (χ4n) is 2.91. The monoisotopic (exact) mass is 332 g/mol. The van der Waals surface area contributed by atoms with Crippen LogP contribution in [0.25, 0.3) is 16.8 Å². The number of carbonyl (C=O) groups excluding carboxylic acids is 2. The highest BCUT2D eigenvalue weighted by Gasteiger charge is 2.31. The topological polar surface area (TPSA) is 107 Å². The molecule has 0 radical (unpaired) electrons. The van der Waals surface area contributed by atoms with E-state index in [1.165, 1.54) is 4.57 Å². The number of rotatable bonds is 2. The molecule has 7 nitrogen and oxygen atoms in total. The van der Waals surface area contributed by atoms with E-state index in [2.05, 4.69) is 10.3 Å². The molecular formula is C18H12N4O3. The highest BCUT2D eigenvalue weighted by atomic mass is 16.2. The highest BCUT2D eigenvalue weighted by molar-refractivity contribution is 6.23. The zero-order valence-electron chi connectivity index (χ0n) is 12.9. The van der Waals surface area contributed by atoms with Crippen molar-refractivity contribution >= 4 is 17.6 Å². The summed E-state index contributed by atoms with van der Waals surface area (Å²) in [5, 5.41) is 2.15. The Morgan fingerprint density at radius 3 is 2.44 bits per heavy atom. The predicted octanol–water partition coefficient (Wildman–Crippen LogP) is 1.37. The number of imide groups is 1. The maximum atomic E-state index is 12.5. The Hall–Kier alpha value is -3.74. The van der Waals surface area contributed by atoms with Gasteiger partial charge in [-0.3, -0.25) is 29.3 Å². The molecule has 3 N–H and O–H groups in total. The molecule has 0 fully saturated rings. The van der Waals surface area contributed by atoms with Gasteiger partial charge in [-0.1, -0.05) is 12.1 Å². The lowest BCUT2D eigenvalue weighted by Gasteiger charge is -2.13. The van der Waals surface area contributed by atoms with Crippen molar-refractivity contribution in [3.8, 4) is 16.8 Å². The van der Waals surface area contributed by atoms with Crippen LogP contribution in [0.2, 0.25) is 0 Å². The first-order valence-electron chi connectivity index (χ1n) is 7.48. The summed E-state index contributed by atoms with van der Waals surface area (Å²) in [7, 11) is 0. The molecule has 122 valence electrons. The van der Waals surface area contributed by atoms with E-state index in [4.69, 9.17) is 5.73 Å². The number of nitrogen functional groups attached to an aromatic ring is 1. The number of aromatic nitrogens is 2. The summed E-state index contributed by atoms with van der Waals surface area (Å²) in [6, 6.07) is 12.0. The summed E-state index contributed by atoms with van der Waals surface area (Å²) < 4.78 is 1.22. The Bertz CT molecular complexity index is 1090. The minimum Gasteiger partial charge on any atom is -0.384 e. The van der Waals surface area contributed by atoms with Crippen molar-refractivity contribution in [2.24, 2.45) is 0 Å². The van der Waals surface area contributed by atoms with Crippen LogP contribution in [0.4, 0.5) is 5.82 Å². The minimum atomic E-state index is -0.610. The molecule has 1 aliphatic rings. The van der Waals surface area contributed by atoms with Gasteiger partial charge in [0.15, 0.2) is 0 Å². The third kappa shape index (κ3) is 2.29. The van der Waals surface area contributed by atoms with Crippen LogP contribution >= 0.6 is 0 Å². The van der Waals surface area contributed by atoms with Gasteiger partial charge in [-0.2, -0.15) is 0 Å². The fraction of sp³-hybridized carbons (Fsp3) is 0. The summed E-state index contributed by atoms with van der Waals surface area (Å²) in [4.78, 5) is 40.1. The summed E-state index contributed by atoms with van der Waals surface area (Å²) in [6.45, 7) is 0. The molecule has 0 saturated carbocycles. The molecule has 3 aromatic rings. The molecule has 3 heterocycles. The first-order valence-corrected chi connectivity index (χ1v) is 7.48. The standard InChI is InChI=1S/C18H12N4O3/c19-16-15-13(17(24)21-18(15)25)9-14(23)22(16)12-3-1-2-11(8-12)10-4-6-20-7-5-10/h1-9H,19H2,(H,21,24,25). The number of benzene rings is 1. The van der Waals surface area contributed by atoms with Crippen LogP contribution in [0, 0.1) is 0 Å². The van der Waals surface area contributed by atoms with Crippen LogP contribution in [0.15, 0.2) is 59.7 Å². The number of nitrogens with two attached hydrogens (primary N) is 1. The van der Waals surface area contributed by atoms with E-state index in [-0.39, 0.29) is 16.9 Å². The average molecular weight is 332 g/mol. The van der Waals surface area contributed by atoms with Crippen molar-refractivity contribution in [3.05, 3.63) is 76.3 Å². The number of hydrogen-bond acceptors (Lipinski definition) is 5. The zero-order valence-corrected chi connectivity index (χ0v) is 12.9. The highest BCUT2D eigenvalue weighted by Crippen LogP contribution is 2.25. The van der Waals surface area contributed by atoms with Gasteiger partial charge in [0, 0.05) is 18.5 Å². The van der Waals surface area contributed by atoms with E-state index in [0.717, 1.165) is 17.2 Å². The van der Waals surface area contributed by atoms with Gasteiger partial charge in [0.1, 0.15) is 5.82 Å². The van der Waals surface area contributed by atoms with Gasteiger partial charge in [-0.05, 0) is 35.4 Å². The Morgan fingerprint density at radius 2 is 1.68 bits per heavy atom. The zero-order chi connectivity index (χ0) is 17.6. The van der Waals surface area contributed by atoms with Crippen LogP contribution in [-0.4, -0.2) is 21.4 Å². The molecule has 2 aromatic heterocycles. The Labute approximate surface area is 141 Å². The molecule has 25 heavy (non-hydrogen) atoms. The number of anilines is 1. The van der Waals surface area contributed by atoms with Gasteiger partial charge in [0.05, 0.1) is 16.8 Å². The molecule has 2 amide bonds.